The number of anilines is 1. The van der Waals surface area contributed by atoms with Crippen molar-refractivity contribution in [3.63, 3.8) is 0 Å². The second kappa shape index (κ2) is 9.98. The summed E-state index contributed by atoms with van der Waals surface area (Å²) in [6.45, 7) is 8.02. The zero-order chi connectivity index (χ0) is 18.1. The number of nitrogens with zero attached hydrogens (tertiary/aromatic N) is 2. The molecule has 2 heterocycles. The lowest BCUT2D eigenvalue weighted by atomic mass is 10.1. The Kier molecular flexibility index (Phi) is 7.66. The van der Waals surface area contributed by atoms with Gasteiger partial charge < -0.3 is 20.3 Å². The van der Waals surface area contributed by atoms with E-state index in [2.05, 4.69) is 27.4 Å². The van der Waals surface area contributed by atoms with E-state index < -0.39 is 11.8 Å². The van der Waals surface area contributed by atoms with Crippen LogP contribution in [0.2, 0.25) is 0 Å². The third kappa shape index (κ3) is 6.34. The second-order valence-corrected chi connectivity index (χ2v) is 6.42. The van der Waals surface area contributed by atoms with Gasteiger partial charge in [-0.25, -0.2) is 4.98 Å². The van der Waals surface area contributed by atoms with Gasteiger partial charge in [0.25, 0.3) is 0 Å². The van der Waals surface area contributed by atoms with Crippen LogP contribution >= 0.6 is 0 Å². The quantitative estimate of drug-likeness (QED) is 0.732. The van der Waals surface area contributed by atoms with Gasteiger partial charge >= 0.3 is 11.8 Å². The number of hydrogen-bond donors (Lipinski definition) is 2. The van der Waals surface area contributed by atoms with Gasteiger partial charge in [-0.1, -0.05) is 13.3 Å². The number of pyridine rings is 1. The number of piperidine rings is 1. The highest BCUT2D eigenvalue weighted by Crippen LogP contribution is 2.20. The second-order valence-electron chi connectivity index (χ2n) is 6.42. The van der Waals surface area contributed by atoms with Crippen LogP contribution in [0, 0.1) is 5.92 Å². The van der Waals surface area contributed by atoms with Crippen LogP contribution in [-0.2, 0) is 9.59 Å². The molecule has 0 aliphatic carbocycles. The molecule has 1 aromatic heterocycles. The van der Waals surface area contributed by atoms with E-state index in [0.29, 0.717) is 30.6 Å². The maximum Gasteiger partial charge on any atom is 0.313 e. The van der Waals surface area contributed by atoms with E-state index in [1.165, 1.54) is 19.3 Å². The van der Waals surface area contributed by atoms with E-state index in [1.54, 1.807) is 18.3 Å². The lowest BCUT2D eigenvalue weighted by molar-refractivity contribution is -0.136. The Labute approximate surface area is 149 Å². The molecule has 1 saturated heterocycles. The van der Waals surface area contributed by atoms with Gasteiger partial charge in [-0.3, -0.25) is 9.59 Å². The summed E-state index contributed by atoms with van der Waals surface area (Å²) in [6.07, 6.45) is 5.37. The van der Waals surface area contributed by atoms with Crippen LogP contribution in [0.3, 0.4) is 0 Å². The Morgan fingerprint density at radius 1 is 1.28 bits per heavy atom. The number of carbonyl (C=O) groups is 2. The first kappa shape index (κ1) is 19.2. The van der Waals surface area contributed by atoms with Gasteiger partial charge in [0, 0.05) is 19.3 Å². The standard InChI is InChI=1S/C18H28N4O3/c1-3-25-18-15(8-7-9-19-18)21-17(24)16(23)20-12-14(2)13-22-10-5-4-6-11-22/h7-9,14H,3-6,10-13H2,1-2H3,(H,20,23)(H,21,24)/t14-/m1/s1. The van der Waals surface area contributed by atoms with Crippen molar-refractivity contribution in [2.75, 3.05) is 38.1 Å². The summed E-state index contributed by atoms with van der Waals surface area (Å²) < 4.78 is 5.34. The first-order chi connectivity index (χ1) is 12.1. The van der Waals surface area contributed by atoms with Crippen molar-refractivity contribution >= 4 is 17.5 Å². The van der Waals surface area contributed by atoms with Gasteiger partial charge in [0.1, 0.15) is 5.69 Å². The van der Waals surface area contributed by atoms with Gasteiger partial charge in [0.2, 0.25) is 5.88 Å². The predicted octanol–water partition coefficient (Wildman–Crippen LogP) is 1.66. The minimum absolute atomic E-state index is 0.298. The van der Waals surface area contributed by atoms with E-state index in [1.807, 2.05) is 6.92 Å². The first-order valence-corrected chi connectivity index (χ1v) is 8.99. The van der Waals surface area contributed by atoms with E-state index in [0.717, 1.165) is 19.6 Å². The number of carbonyl (C=O) groups excluding carboxylic acids is 2. The maximum absolute atomic E-state index is 12.1. The Balaban J connectivity index is 1.77. The van der Waals surface area contributed by atoms with Gasteiger partial charge in [0.15, 0.2) is 0 Å². The van der Waals surface area contributed by atoms with Crippen LogP contribution in [0.15, 0.2) is 18.3 Å². The number of amides is 2. The summed E-state index contributed by atoms with van der Waals surface area (Å²) in [5.74, 6) is -0.743. The van der Waals surface area contributed by atoms with Gasteiger partial charge in [-0.15, -0.1) is 0 Å². The monoisotopic (exact) mass is 348 g/mol. The molecule has 0 unspecified atom stereocenters. The average Bonchev–Trinajstić information content (AvgIpc) is 2.62. The molecule has 7 heteroatoms. The highest BCUT2D eigenvalue weighted by atomic mass is 16.5. The molecule has 25 heavy (non-hydrogen) atoms. The van der Waals surface area contributed by atoms with Crippen LogP contribution < -0.4 is 15.4 Å². The summed E-state index contributed by atoms with van der Waals surface area (Å²) in [5.41, 5.74) is 0.394. The molecular weight excluding hydrogens is 320 g/mol. The summed E-state index contributed by atoms with van der Waals surface area (Å²) in [7, 11) is 0. The predicted molar refractivity (Wildman–Crippen MR) is 96.5 cm³/mol. The molecule has 0 bridgehead atoms. The van der Waals surface area contributed by atoms with Crippen molar-refractivity contribution in [3.05, 3.63) is 18.3 Å². The number of aromatic nitrogens is 1. The van der Waals surface area contributed by atoms with E-state index in [-0.39, 0.29) is 0 Å². The van der Waals surface area contributed by atoms with Crippen LogP contribution in [0.1, 0.15) is 33.1 Å². The number of hydrogen-bond acceptors (Lipinski definition) is 5. The summed E-state index contributed by atoms with van der Waals surface area (Å²) in [4.78, 5) is 30.5. The summed E-state index contributed by atoms with van der Waals surface area (Å²) in [6, 6.07) is 3.33. The molecule has 1 atom stereocenters. The fourth-order valence-corrected chi connectivity index (χ4v) is 2.91. The minimum Gasteiger partial charge on any atom is -0.476 e. The molecule has 1 aliphatic rings. The molecule has 138 valence electrons. The maximum atomic E-state index is 12.1. The molecule has 1 aliphatic heterocycles. The fourth-order valence-electron chi connectivity index (χ4n) is 2.91. The molecule has 2 N–H and O–H groups in total. The van der Waals surface area contributed by atoms with Crippen molar-refractivity contribution < 1.29 is 14.3 Å². The van der Waals surface area contributed by atoms with Crippen molar-refractivity contribution in [1.29, 1.82) is 0 Å². The SMILES string of the molecule is CCOc1ncccc1NC(=O)C(=O)NC[C@@H](C)CN1CCCCC1. The summed E-state index contributed by atoms with van der Waals surface area (Å²) >= 11 is 0. The van der Waals surface area contributed by atoms with Crippen LogP contribution in [-0.4, -0.2) is 54.5 Å². The average molecular weight is 348 g/mol. The van der Waals surface area contributed by atoms with Crippen LogP contribution in [0.4, 0.5) is 5.69 Å². The van der Waals surface area contributed by atoms with Crippen molar-refractivity contribution in [2.24, 2.45) is 5.92 Å². The summed E-state index contributed by atoms with van der Waals surface area (Å²) in [5, 5.41) is 5.26. The Hall–Kier alpha value is -2.15. The smallest absolute Gasteiger partial charge is 0.313 e. The number of rotatable bonds is 7. The molecule has 0 spiro atoms. The molecule has 0 radical (unpaired) electrons. The van der Waals surface area contributed by atoms with Crippen LogP contribution in [0.25, 0.3) is 0 Å². The zero-order valence-corrected chi connectivity index (χ0v) is 15.1. The molecule has 0 aromatic carbocycles. The molecule has 0 saturated carbocycles. The third-order valence-corrected chi connectivity index (χ3v) is 4.14. The lowest BCUT2D eigenvalue weighted by Gasteiger charge is -2.29. The molecule has 1 aromatic rings. The Morgan fingerprint density at radius 2 is 2.04 bits per heavy atom. The molecule has 7 nitrogen and oxygen atoms in total. The van der Waals surface area contributed by atoms with Crippen molar-refractivity contribution in [1.82, 2.24) is 15.2 Å². The Bertz CT molecular complexity index is 573. The molecule has 2 rings (SSSR count). The van der Waals surface area contributed by atoms with Crippen molar-refractivity contribution in [3.8, 4) is 5.88 Å². The molecule has 2 amide bonds. The Morgan fingerprint density at radius 3 is 2.76 bits per heavy atom. The highest BCUT2D eigenvalue weighted by molar-refractivity contribution is 6.39. The number of ether oxygens (including phenoxy) is 1. The van der Waals surface area contributed by atoms with Crippen molar-refractivity contribution in [2.45, 2.75) is 33.1 Å². The van der Waals surface area contributed by atoms with E-state index in [9.17, 15) is 9.59 Å². The lowest BCUT2D eigenvalue weighted by Crippen LogP contribution is -2.41. The highest BCUT2D eigenvalue weighted by Gasteiger charge is 2.18. The molecule has 1 fully saturated rings. The minimum atomic E-state index is -0.709. The third-order valence-electron chi connectivity index (χ3n) is 4.14. The molecular formula is C18H28N4O3. The first-order valence-electron chi connectivity index (χ1n) is 8.99. The number of likely N-dealkylation sites (tertiary alicyclic amines) is 1. The van der Waals surface area contributed by atoms with E-state index >= 15 is 0 Å². The van der Waals surface area contributed by atoms with Gasteiger partial charge in [-0.2, -0.15) is 0 Å². The zero-order valence-electron chi connectivity index (χ0n) is 15.1. The van der Waals surface area contributed by atoms with E-state index in [4.69, 9.17) is 4.74 Å². The van der Waals surface area contributed by atoms with Gasteiger partial charge in [-0.05, 0) is 50.9 Å². The van der Waals surface area contributed by atoms with Gasteiger partial charge in [0.05, 0.1) is 6.61 Å². The largest absolute Gasteiger partial charge is 0.476 e. The topological polar surface area (TPSA) is 83.6 Å². The number of nitrogens with one attached hydrogen (secondary N) is 2. The normalized spacial score (nSPS) is 16.1. The van der Waals surface area contributed by atoms with Crippen LogP contribution in [0.5, 0.6) is 5.88 Å². The fraction of sp³-hybridized carbons (Fsp3) is 0.611.